The molecule has 1 aliphatic rings. The number of carbonyl (C=O) groups is 2. The number of aryl methyl sites for hydroxylation is 1. The number of benzene rings is 3. The fourth-order valence-corrected chi connectivity index (χ4v) is 4.12. The van der Waals surface area contributed by atoms with Gasteiger partial charge < -0.3 is 14.7 Å². The van der Waals surface area contributed by atoms with E-state index >= 15 is 0 Å². The molecule has 1 N–H and O–H groups in total. The third kappa shape index (κ3) is 4.29. The Hall–Kier alpha value is -4.00. The average Bonchev–Trinajstić information content (AvgIpc) is 3.06. The molecular weight excluding hydrogens is 440 g/mol. The molecule has 0 bridgehead atoms. The van der Waals surface area contributed by atoms with Crippen molar-refractivity contribution in [2.24, 2.45) is 0 Å². The van der Waals surface area contributed by atoms with E-state index in [9.17, 15) is 23.5 Å². The molecule has 3 aromatic carbocycles. The van der Waals surface area contributed by atoms with Crippen LogP contribution in [0.3, 0.4) is 0 Å². The number of likely N-dealkylation sites (tertiary alicyclic amines) is 1. The van der Waals surface area contributed by atoms with Crippen LogP contribution in [0.25, 0.3) is 5.76 Å². The monoisotopic (exact) mass is 463 g/mol. The van der Waals surface area contributed by atoms with Crippen molar-refractivity contribution in [2.45, 2.75) is 26.4 Å². The first-order valence-corrected chi connectivity index (χ1v) is 10.8. The van der Waals surface area contributed by atoms with E-state index < -0.39 is 35.1 Å². The van der Waals surface area contributed by atoms with Crippen molar-refractivity contribution >= 4 is 17.4 Å². The van der Waals surface area contributed by atoms with Gasteiger partial charge in [-0.2, -0.15) is 0 Å². The number of aliphatic hydroxyl groups excluding tert-OH is 1. The predicted molar refractivity (Wildman–Crippen MR) is 123 cm³/mol. The van der Waals surface area contributed by atoms with Gasteiger partial charge >= 0.3 is 0 Å². The van der Waals surface area contributed by atoms with Crippen LogP contribution in [0.15, 0.2) is 72.3 Å². The molecule has 1 atom stereocenters. The molecule has 5 nitrogen and oxygen atoms in total. The first kappa shape index (κ1) is 23.2. The molecule has 1 fully saturated rings. The highest BCUT2D eigenvalue weighted by atomic mass is 19.1. The SMILES string of the molecule is CCOc1ccc(/C(O)=C2\C(=O)C(=O)N(Cc3ccc(F)cc3)C2c2ccccc2F)cc1C. The second-order valence-corrected chi connectivity index (χ2v) is 7.99. The van der Waals surface area contributed by atoms with Crippen molar-refractivity contribution in [3.8, 4) is 5.75 Å². The van der Waals surface area contributed by atoms with Crippen LogP contribution >= 0.6 is 0 Å². The Bertz CT molecular complexity index is 1280. The molecule has 7 heteroatoms. The first-order chi connectivity index (χ1) is 16.3. The number of rotatable bonds is 6. The highest BCUT2D eigenvalue weighted by molar-refractivity contribution is 6.46. The van der Waals surface area contributed by atoms with Gasteiger partial charge in [0.2, 0.25) is 0 Å². The van der Waals surface area contributed by atoms with Gasteiger partial charge in [0.25, 0.3) is 11.7 Å². The van der Waals surface area contributed by atoms with Crippen molar-refractivity contribution in [1.29, 1.82) is 0 Å². The van der Waals surface area contributed by atoms with Crippen molar-refractivity contribution in [1.82, 2.24) is 4.90 Å². The lowest BCUT2D eigenvalue weighted by Gasteiger charge is -2.25. The van der Waals surface area contributed by atoms with Gasteiger partial charge in [-0.05, 0) is 61.4 Å². The molecule has 1 saturated heterocycles. The Balaban J connectivity index is 1.85. The van der Waals surface area contributed by atoms with E-state index in [0.717, 1.165) is 5.56 Å². The molecule has 174 valence electrons. The maximum Gasteiger partial charge on any atom is 0.295 e. The Kier molecular flexibility index (Phi) is 6.45. The molecule has 0 radical (unpaired) electrons. The first-order valence-electron chi connectivity index (χ1n) is 10.8. The van der Waals surface area contributed by atoms with E-state index in [-0.39, 0.29) is 17.7 Å². The smallest absolute Gasteiger partial charge is 0.295 e. The van der Waals surface area contributed by atoms with Gasteiger partial charge in [-0.1, -0.05) is 30.3 Å². The van der Waals surface area contributed by atoms with E-state index in [1.54, 1.807) is 31.2 Å². The summed E-state index contributed by atoms with van der Waals surface area (Å²) in [6, 6.07) is 15.0. The van der Waals surface area contributed by atoms with Crippen LogP contribution in [-0.4, -0.2) is 28.3 Å². The second kappa shape index (κ2) is 9.47. The molecule has 3 aromatic rings. The largest absolute Gasteiger partial charge is 0.507 e. The number of nitrogens with zero attached hydrogens (tertiary/aromatic N) is 1. The number of ketones is 1. The molecule has 0 saturated carbocycles. The fraction of sp³-hybridized carbons (Fsp3) is 0.185. The third-order valence-corrected chi connectivity index (χ3v) is 5.75. The van der Waals surface area contributed by atoms with Gasteiger partial charge in [-0.25, -0.2) is 8.78 Å². The average molecular weight is 463 g/mol. The topological polar surface area (TPSA) is 66.8 Å². The number of carbonyl (C=O) groups excluding carboxylic acids is 2. The standard InChI is InChI=1S/C27H23F2NO4/c1-3-34-22-13-10-18(14-16(22)2)25(31)23-24(20-6-4-5-7-21(20)29)30(27(33)26(23)32)15-17-8-11-19(28)12-9-17/h4-14,24,31H,3,15H2,1-2H3/b25-23+. The number of Topliss-reactive ketones (excluding diaryl/α,β-unsaturated/α-hetero) is 1. The van der Waals surface area contributed by atoms with Crippen molar-refractivity contribution in [3.63, 3.8) is 0 Å². The molecule has 4 rings (SSSR count). The fourth-order valence-electron chi connectivity index (χ4n) is 4.12. The summed E-state index contributed by atoms with van der Waals surface area (Å²) in [5.74, 6) is -2.63. The summed E-state index contributed by atoms with van der Waals surface area (Å²) >= 11 is 0. The van der Waals surface area contributed by atoms with Crippen LogP contribution in [0.5, 0.6) is 5.75 Å². The second-order valence-electron chi connectivity index (χ2n) is 7.99. The zero-order valence-electron chi connectivity index (χ0n) is 18.7. The van der Waals surface area contributed by atoms with Crippen LogP contribution in [0.2, 0.25) is 0 Å². The molecule has 0 spiro atoms. The number of amides is 1. The van der Waals surface area contributed by atoms with Crippen LogP contribution in [0.1, 0.15) is 35.2 Å². The quantitative estimate of drug-likeness (QED) is 0.306. The lowest BCUT2D eigenvalue weighted by Crippen LogP contribution is -2.29. The summed E-state index contributed by atoms with van der Waals surface area (Å²) in [7, 11) is 0. The van der Waals surface area contributed by atoms with Crippen molar-refractivity contribution < 1.29 is 28.2 Å². The minimum atomic E-state index is -1.15. The van der Waals surface area contributed by atoms with Crippen LogP contribution in [0.4, 0.5) is 8.78 Å². The molecule has 1 amide bonds. The Morgan fingerprint density at radius 3 is 2.38 bits per heavy atom. The number of hydrogen-bond acceptors (Lipinski definition) is 4. The van der Waals surface area contributed by atoms with Gasteiger partial charge in [0.1, 0.15) is 23.1 Å². The van der Waals surface area contributed by atoms with E-state index in [0.29, 0.717) is 23.5 Å². The van der Waals surface area contributed by atoms with Crippen LogP contribution < -0.4 is 4.74 Å². The van der Waals surface area contributed by atoms with E-state index in [2.05, 4.69) is 0 Å². The van der Waals surface area contributed by atoms with E-state index in [1.807, 2.05) is 6.92 Å². The minimum absolute atomic E-state index is 0.0665. The van der Waals surface area contributed by atoms with Crippen LogP contribution in [-0.2, 0) is 16.1 Å². The van der Waals surface area contributed by atoms with Gasteiger partial charge in [0.15, 0.2) is 0 Å². The summed E-state index contributed by atoms with van der Waals surface area (Å²) in [5, 5.41) is 11.2. The molecule has 0 aromatic heterocycles. The predicted octanol–water partition coefficient (Wildman–Crippen LogP) is 5.29. The van der Waals surface area contributed by atoms with Gasteiger partial charge in [-0.15, -0.1) is 0 Å². The summed E-state index contributed by atoms with van der Waals surface area (Å²) in [4.78, 5) is 27.3. The Morgan fingerprint density at radius 2 is 1.74 bits per heavy atom. The summed E-state index contributed by atoms with van der Waals surface area (Å²) in [6.07, 6.45) is 0. The summed E-state index contributed by atoms with van der Waals surface area (Å²) in [6.45, 7) is 4.05. The van der Waals surface area contributed by atoms with E-state index in [1.165, 1.54) is 47.4 Å². The summed E-state index contributed by atoms with van der Waals surface area (Å²) in [5.41, 5.74) is 1.46. The van der Waals surface area contributed by atoms with E-state index in [4.69, 9.17) is 4.74 Å². The molecule has 34 heavy (non-hydrogen) atoms. The third-order valence-electron chi connectivity index (χ3n) is 5.75. The summed E-state index contributed by atoms with van der Waals surface area (Å²) < 4.78 is 33.8. The van der Waals surface area contributed by atoms with Crippen molar-refractivity contribution in [2.75, 3.05) is 6.61 Å². The highest BCUT2D eigenvalue weighted by Gasteiger charge is 2.47. The number of halogens is 2. The lowest BCUT2D eigenvalue weighted by molar-refractivity contribution is -0.140. The number of ether oxygens (including phenoxy) is 1. The zero-order chi connectivity index (χ0) is 24.4. The Labute approximate surface area is 195 Å². The zero-order valence-corrected chi connectivity index (χ0v) is 18.7. The van der Waals surface area contributed by atoms with Crippen molar-refractivity contribution in [3.05, 3.63) is 106 Å². The lowest BCUT2D eigenvalue weighted by atomic mass is 9.94. The normalized spacial score (nSPS) is 17.3. The molecule has 1 aliphatic heterocycles. The van der Waals surface area contributed by atoms with Gasteiger partial charge in [-0.3, -0.25) is 9.59 Å². The maximum atomic E-state index is 14.9. The van der Waals surface area contributed by atoms with Gasteiger partial charge in [0.05, 0.1) is 18.2 Å². The number of hydrogen-bond donors (Lipinski definition) is 1. The van der Waals surface area contributed by atoms with Gasteiger partial charge in [0, 0.05) is 17.7 Å². The Morgan fingerprint density at radius 1 is 1.03 bits per heavy atom. The maximum absolute atomic E-state index is 14.9. The molecule has 1 unspecified atom stereocenters. The van der Waals surface area contributed by atoms with Crippen LogP contribution in [0, 0.1) is 18.6 Å². The molecule has 1 heterocycles. The molecule has 0 aliphatic carbocycles. The minimum Gasteiger partial charge on any atom is -0.507 e. The number of aliphatic hydroxyl groups is 1. The highest BCUT2D eigenvalue weighted by Crippen LogP contribution is 2.41. The molecular formula is C27H23F2NO4.